The van der Waals surface area contributed by atoms with Crippen LogP contribution in [0.4, 0.5) is 5.69 Å². The van der Waals surface area contributed by atoms with E-state index in [2.05, 4.69) is 0 Å². The number of hydrogen-bond acceptors (Lipinski definition) is 4. The van der Waals surface area contributed by atoms with E-state index < -0.39 is 0 Å². The summed E-state index contributed by atoms with van der Waals surface area (Å²) in [6.45, 7) is 0. The van der Waals surface area contributed by atoms with Crippen LogP contribution in [0.3, 0.4) is 0 Å². The van der Waals surface area contributed by atoms with Crippen molar-refractivity contribution in [2.75, 3.05) is 20.0 Å². The number of methoxy groups -OCH3 is 2. The predicted molar refractivity (Wildman–Crippen MR) is 78.3 cm³/mol. The SMILES string of the molecule is COc1ccc(-c2ccc(N)cc2O)c(OC)c1.Cl. The normalized spacial score (nSPS) is 9.58. The van der Waals surface area contributed by atoms with E-state index in [1.807, 2.05) is 12.1 Å². The minimum atomic E-state index is 0. The second-order valence-electron chi connectivity index (χ2n) is 3.84. The summed E-state index contributed by atoms with van der Waals surface area (Å²) in [7, 11) is 3.17. The Morgan fingerprint density at radius 2 is 1.63 bits per heavy atom. The maximum Gasteiger partial charge on any atom is 0.130 e. The van der Waals surface area contributed by atoms with Crippen molar-refractivity contribution >= 4 is 18.1 Å². The first-order valence-electron chi connectivity index (χ1n) is 5.46. The predicted octanol–water partition coefficient (Wildman–Crippen LogP) is 3.08. The summed E-state index contributed by atoms with van der Waals surface area (Å²) in [5.41, 5.74) is 7.59. The van der Waals surface area contributed by atoms with E-state index in [9.17, 15) is 5.11 Å². The smallest absolute Gasteiger partial charge is 0.130 e. The van der Waals surface area contributed by atoms with Gasteiger partial charge in [-0.1, -0.05) is 0 Å². The average Bonchev–Trinajstić information content (AvgIpc) is 2.38. The number of ether oxygens (including phenoxy) is 2. The molecule has 0 spiro atoms. The highest BCUT2D eigenvalue weighted by Gasteiger charge is 2.11. The van der Waals surface area contributed by atoms with Gasteiger partial charge in [0.15, 0.2) is 0 Å². The second-order valence-corrected chi connectivity index (χ2v) is 3.84. The molecular weight excluding hydrogens is 266 g/mol. The zero-order valence-electron chi connectivity index (χ0n) is 10.7. The topological polar surface area (TPSA) is 64.7 Å². The molecule has 0 radical (unpaired) electrons. The van der Waals surface area contributed by atoms with Gasteiger partial charge >= 0.3 is 0 Å². The lowest BCUT2D eigenvalue weighted by molar-refractivity contribution is 0.395. The third-order valence-electron chi connectivity index (χ3n) is 2.72. The zero-order valence-corrected chi connectivity index (χ0v) is 11.5. The van der Waals surface area contributed by atoms with E-state index in [0.717, 1.165) is 5.56 Å². The Hall–Kier alpha value is -2.07. The Morgan fingerprint density at radius 1 is 0.947 bits per heavy atom. The molecule has 5 heteroatoms. The highest BCUT2D eigenvalue weighted by Crippen LogP contribution is 2.38. The fourth-order valence-electron chi connectivity index (χ4n) is 1.80. The van der Waals surface area contributed by atoms with Crippen LogP contribution in [0.1, 0.15) is 0 Å². The molecular formula is C14H16ClNO3. The summed E-state index contributed by atoms with van der Waals surface area (Å²) in [5, 5.41) is 9.92. The lowest BCUT2D eigenvalue weighted by Crippen LogP contribution is -1.91. The maximum absolute atomic E-state index is 9.92. The molecule has 0 heterocycles. The molecule has 0 aromatic heterocycles. The van der Waals surface area contributed by atoms with Gasteiger partial charge in [0.25, 0.3) is 0 Å². The van der Waals surface area contributed by atoms with Gasteiger partial charge in [-0.25, -0.2) is 0 Å². The Morgan fingerprint density at radius 3 is 2.21 bits per heavy atom. The number of phenols is 1. The minimum Gasteiger partial charge on any atom is -0.507 e. The van der Waals surface area contributed by atoms with Crippen LogP contribution in [-0.2, 0) is 0 Å². The largest absolute Gasteiger partial charge is 0.507 e. The van der Waals surface area contributed by atoms with Gasteiger partial charge in [0, 0.05) is 28.9 Å². The van der Waals surface area contributed by atoms with Gasteiger partial charge in [0.05, 0.1) is 14.2 Å². The van der Waals surface area contributed by atoms with Crippen molar-refractivity contribution in [3.05, 3.63) is 36.4 Å². The summed E-state index contributed by atoms with van der Waals surface area (Å²) < 4.78 is 10.4. The molecule has 0 saturated carbocycles. The first kappa shape index (κ1) is 15.0. The summed E-state index contributed by atoms with van der Waals surface area (Å²) in [5.74, 6) is 1.46. The molecule has 0 atom stereocenters. The van der Waals surface area contributed by atoms with Crippen molar-refractivity contribution in [2.45, 2.75) is 0 Å². The van der Waals surface area contributed by atoms with Crippen LogP contribution in [0.15, 0.2) is 36.4 Å². The van der Waals surface area contributed by atoms with Gasteiger partial charge in [-0.3, -0.25) is 0 Å². The average molecular weight is 282 g/mol. The molecule has 0 fully saturated rings. The van der Waals surface area contributed by atoms with E-state index >= 15 is 0 Å². The number of nitrogens with two attached hydrogens (primary N) is 1. The number of anilines is 1. The molecule has 2 rings (SSSR count). The van der Waals surface area contributed by atoms with Crippen LogP contribution < -0.4 is 15.2 Å². The highest BCUT2D eigenvalue weighted by atomic mass is 35.5. The molecule has 0 amide bonds. The standard InChI is InChI=1S/C14H15NO3.ClH/c1-17-10-4-6-12(14(8-10)18-2)11-5-3-9(15)7-13(11)16;/h3-8,16H,15H2,1-2H3;1H. The molecule has 3 N–H and O–H groups in total. The van der Waals surface area contributed by atoms with Gasteiger partial charge in [0.2, 0.25) is 0 Å². The fraction of sp³-hybridized carbons (Fsp3) is 0.143. The zero-order chi connectivity index (χ0) is 13.1. The molecule has 2 aromatic carbocycles. The molecule has 0 aliphatic heterocycles. The van der Waals surface area contributed by atoms with Gasteiger partial charge in [-0.15, -0.1) is 12.4 Å². The summed E-state index contributed by atoms with van der Waals surface area (Å²) >= 11 is 0. The van der Waals surface area contributed by atoms with Gasteiger partial charge in [0.1, 0.15) is 17.2 Å². The number of nitrogen functional groups attached to an aromatic ring is 1. The van der Waals surface area contributed by atoms with Crippen molar-refractivity contribution in [3.8, 4) is 28.4 Å². The summed E-state index contributed by atoms with van der Waals surface area (Å²) in [6.07, 6.45) is 0. The molecule has 0 aliphatic carbocycles. The molecule has 2 aromatic rings. The molecule has 0 aliphatic rings. The van der Waals surface area contributed by atoms with E-state index in [-0.39, 0.29) is 18.2 Å². The number of hydrogen-bond donors (Lipinski definition) is 2. The summed E-state index contributed by atoms with van der Waals surface area (Å²) in [6, 6.07) is 10.4. The quantitative estimate of drug-likeness (QED) is 0.849. The Kier molecular flexibility index (Phi) is 4.89. The van der Waals surface area contributed by atoms with Crippen LogP contribution >= 0.6 is 12.4 Å². The fourth-order valence-corrected chi connectivity index (χ4v) is 1.80. The third kappa shape index (κ3) is 3.03. The molecule has 0 bridgehead atoms. The van der Waals surface area contributed by atoms with Crippen LogP contribution in [0.25, 0.3) is 11.1 Å². The van der Waals surface area contributed by atoms with Crippen LogP contribution in [0.5, 0.6) is 17.2 Å². The number of rotatable bonds is 3. The first-order valence-corrected chi connectivity index (χ1v) is 5.46. The lowest BCUT2D eigenvalue weighted by Gasteiger charge is -2.12. The van der Waals surface area contributed by atoms with Crippen molar-refractivity contribution < 1.29 is 14.6 Å². The van der Waals surface area contributed by atoms with Crippen molar-refractivity contribution in [2.24, 2.45) is 0 Å². The first-order chi connectivity index (χ1) is 8.65. The van der Waals surface area contributed by atoms with Crippen molar-refractivity contribution in [3.63, 3.8) is 0 Å². The maximum atomic E-state index is 9.92. The van der Waals surface area contributed by atoms with Crippen LogP contribution in [0, 0.1) is 0 Å². The van der Waals surface area contributed by atoms with Crippen molar-refractivity contribution in [1.29, 1.82) is 0 Å². The molecule has 0 unspecified atom stereocenters. The van der Waals surface area contributed by atoms with Gasteiger partial charge in [-0.05, 0) is 24.3 Å². The monoisotopic (exact) mass is 281 g/mol. The molecule has 0 saturated heterocycles. The second kappa shape index (κ2) is 6.20. The van der Waals surface area contributed by atoms with Crippen LogP contribution in [0.2, 0.25) is 0 Å². The lowest BCUT2D eigenvalue weighted by atomic mass is 10.0. The Labute approximate surface area is 118 Å². The Bertz CT molecular complexity index is 573. The van der Waals surface area contributed by atoms with E-state index in [4.69, 9.17) is 15.2 Å². The molecule has 102 valence electrons. The van der Waals surface area contributed by atoms with Gasteiger partial charge in [-0.2, -0.15) is 0 Å². The number of halogens is 1. The molecule has 4 nitrogen and oxygen atoms in total. The number of phenolic OH excluding ortho intramolecular Hbond substituents is 1. The Balaban J connectivity index is 0.00000180. The van der Waals surface area contributed by atoms with E-state index in [1.54, 1.807) is 32.4 Å². The number of benzene rings is 2. The highest BCUT2D eigenvalue weighted by molar-refractivity contribution is 5.85. The number of aromatic hydroxyl groups is 1. The van der Waals surface area contributed by atoms with Crippen LogP contribution in [-0.4, -0.2) is 19.3 Å². The minimum absolute atomic E-state index is 0. The van der Waals surface area contributed by atoms with Crippen molar-refractivity contribution in [1.82, 2.24) is 0 Å². The summed E-state index contributed by atoms with van der Waals surface area (Å²) in [4.78, 5) is 0. The van der Waals surface area contributed by atoms with E-state index in [1.165, 1.54) is 6.07 Å². The molecule has 19 heavy (non-hydrogen) atoms. The van der Waals surface area contributed by atoms with Gasteiger partial charge < -0.3 is 20.3 Å². The van der Waals surface area contributed by atoms with E-state index in [0.29, 0.717) is 22.7 Å². The third-order valence-corrected chi connectivity index (χ3v) is 2.72.